The van der Waals surface area contributed by atoms with Crippen LogP contribution in [-0.2, 0) is 14.8 Å². The molecule has 0 spiro atoms. The van der Waals surface area contributed by atoms with Gasteiger partial charge in [-0.3, -0.25) is 4.79 Å². The van der Waals surface area contributed by atoms with Gasteiger partial charge in [0.25, 0.3) is 5.91 Å². The van der Waals surface area contributed by atoms with E-state index in [9.17, 15) is 13.2 Å². The summed E-state index contributed by atoms with van der Waals surface area (Å²) in [5, 5.41) is 0. The molecule has 0 radical (unpaired) electrons. The Morgan fingerprint density at radius 1 is 1.10 bits per heavy atom. The van der Waals surface area contributed by atoms with Crippen LogP contribution in [0.4, 0.5) is 0 Å². The number of rotatable bonds is 6. The predicted molar refractivity (Wildman–Crippen MR) is 120 cm³/mol. The third-order valence-electron chi connectivity index (χ3n) is 6.06. The Hall–Kier alpha value is -2.22. The highest BCUT2D eigenvalue weighted by atomic mass is 32.2. The van der Waals surface area contributed by atoms with Crippen molar-refractivity contribution in [1.29, 1.82) is 0 Å². The van der Waals surface area contributed by atoms with Crippen molar-refractivity contribution in [2.45, 2.75) is 56.6 Å². The van der Waals surface area contributed by atoms with Crippen molar-refractivity contribution in [1.82, 2.24) is 9.62 Å². The summed E-state index contributed by atoms with van der Waals surface area (Å²) in [6.07, 6.45) is 3.58. The lowest BCUT2D eigenvalue weighted by Gasteiger charge is -2.26. The van der Waals surface area contributed by atoms with Gasteiger partial charge in [0.05, 0.1) is 17.0 Å². The monoisotopic (exact) mass is 442 g/mol. The van der Waals surface area contributed by atoms with Gasteiger partial charge in [0.1, 0.15) is 0 Å². The maximum Gasteiger partial charge on any atom is 0.254 e. The van der Waals surface area contributed by atoms with Crippen LogP contribution in [0.3, 0.4) is 0 Å². The first-order valence-electron chi connectivity index (χ1n) is 10.9. The zero-order valence-electron chi connectivity index (χ0n) is 18.1. The number of nitrogens with zero attached hydrogens (tertiary/aromatic N) is 1. The first-order chi connectivity index (χ1) is 14.8. The standard InChI is InChI=1S/C24H30N2O4S/c1-17-12-18(2)14-20(13-17)23-9-4-10-26(23)24(27)19-6-3-8-22(15-19)31(28,29)25-16-21-7-5-11-30-21/h3,6,8,12-15,21,23,25H,4-5,7,9-11,16H2,1-2H3. The van der Waals surface area contributed by atoms with Crippen LogP contribution >= 0.6 is 0 Å². The summed E-state index contributed by atoms with van der Waals surface area (Å²) in [4.78, 5) is 15.3. The molecule has 2 unspecified atom stereocenters. The Kier molecular flexibility index (Phi) is 6.46. The van der Waals surface area contributed by atoms with Crippen LogP contribution in [0.5, 0.6) is 0 Å². The van der Waals surface area contributed by atoms with E-state index < -0.39 is 10.0 Å². The van der Waals surface area contributed by atoms with Gasteiger partial charge in [-0.2, -0.15) is 0 Å². The lowest BCUT2D eigenvalue weighted by molar-refractivity contribution is 0.0735. The topological polar surface area (TPSA) is 75.7 Å². The van der Waals surface area contributed by atoms with Crippen LogP contribution in [0.1, 0.15) is 58.8 Å². The van der Waals surface area contributed by atoms with Crippen molar-refractivity contribution < 1.29 is 17.9 Å². The van der Waals surface area contributed by atoms with Gasteiger partial charge >= 0.3 is 0 Å². The number of hydrogen-bond donors (Lipinski definition) is 1. The maximum atomic E-state index is 13.3. The molecule has 2 saturated heterocycles. The van der Waals surface area contributed by atoms with Crippen molar-refractivity contribution in [3.63, 3.8) is 0 Å². The summed E-state index contributed by atoms with van der Waals surface area (Å²) in [6, 6.07) is 12.8. The van der Waals surface area contributed by atoms with Crippen molar-refractivity contribution >= 4 is 15.9 Å². The second-order valence-electron chi connectivity index (χ2n) is 8.59. The third-order valence-corrected chi connectivity index (χ3v) is 7.48. The number of ether oxygens (including phenoxy) is 1. The lowest BCUT2D eigenvalue weighted by atomic mass is 9.99. The van der Waals surface area contributed by atoms with Crippen LogP contribution in [0.25, 0.3) is 0 Å². The molecule has 0 aromatic heterocycles. The number of sulfonamides is 1. The minimum Gasteiger partial charge on any atom is -0.377 e. The van der Waals surface area contributed by atoms with E-state index in [0.29, 0.717) is 18.7 Å². The Balaban J connectivity index is 1.53. The molecule has 6 nitrogen and oxygen atoms in total. The molecule has 7 heteroatoms. The Morgan fingerprint density at radius 2 is 1.87 bits per heavy atom. The first-order valence-corrected chi connectivity index (χ1v) is 12.4. The number of nitrogens with one attached hydrogen (secondary N) is 1. The van der Waals surface area contributed by atoms with E-state index in [1.54, 1.807) is 12.1 Å². The molecule has 2 fully saturated rings. The Bertz CT molecular complexity index is 1040. The predicted octanol–water partition coefficient (Wildman–Crippen LogP) is 3.74. The molecule has 31 heavy (non-hydrogen) atoms. The highest BCUT2D eigenvalue weighted by molar-refractivity contribution is 7.89. The van der Waals surface area contributed by atoms with Gasteiger partial charge < -0.3 is 9.64 Å². The van der Waals surface area contributed by atoms with E-state index in [0.717, 1.165) is 31.2 Å². The molecule has 2 heterocycles. The van der Waals surface area contributed by atoms with Crippen LogP contribution in [0, 0.1) is 13.8 Å². The Morgan fingerprint density at radius 3 is 2.58 bits per heavy atom. The second-order valence-corrected chi connectivity index (χ2v) is 10.4. The summed E-state index contributed by atoms with van der Waals surface area (Å²) in [5.74, 6) is -0.127. The summed E-state index contributed by atoms with van der Waals surface area (Å²) < 4.78 is 33.6. The average molecular weight is 443 g/mol. The fourth-order valence-electron chi connectivity index (χ4n) is 4.61. The lowest BCUT2D eigenvalue weighted by Crippen LogP contribution is -2.33. The molecule has 1 N–H and O–H groups in total. The molecule has 2 aromatic carbocycles. The summed E-state index contributed by atoms with van der Waals surface area (Å²) in [6.45, 7) is 5.73. The van der Waals surface area contributed by atoms with E-state index in [4.69, 9.17) is 4.74 Å². The summed E-state index contributed by atoms with van der Waals surface area (Å²) in [7, 11) is -3.70. The summed E-state index contributed by atoms with van der Waals surface area (Å²) in [5.41, 5.74) is 3.90. The fraction of sp³-hybridized carbons (Fsp3) is 0.458. The number of carbonyl (C=O) groups excluding carboxylic acids is 1. The maximum absolute atomic E-state index is 13.3. The molecular weight excluding hydrogens is 412 g/mol. The molecule has 1 amide bonds. The number of hydrogen-bond acceptors (Lipinski definition) is 4. The second kappa shape index (κ2) is 9.10. The van der Waals surface area contributed by atoms with Crippen molar-refractivity contribution in [2.24, 2.45) is 0 Å². The summed E-state index contributed by atoms with van der Waals surface area (Å²) >= 11 is 0. The number of carbonyl (C=O) groups is 1. The van der Waals surface area contributed by atoms with Crippen LogP contribution in [-0.4, -0.2) is 45.0 Å². The number of aryl methyl sites for hydroxylation is 2. The van der Waals surface area contributed by atoms with Gasteiger partial charge in [-0.1, -0.05) is 35.4 Å². The van der Waals surface area contributed by atoms with Crippen LogP contribution < -0.4 is 4.72 Å². The van der Waals surface area contributed by atoms with E-state index >= 15 is 0 Å². The molecule has 2 aliphatic heterocycles. The van der Waals surface area contributed by atoms with E-state index in [1.165, 1.54) is 23.3 Å². The van der Waals surface area contributed by atoms with Crippen LogP contribution in [0.2, 0.25) is 0 Å². The molecule has 0 saturated carbocycles. The van der Waals surface area contributed by atoms with Gasteiger partial charge in [-0.15, -0.1) is 0 Å². The molecule has 4 rings (SSSR count). The fourth-order valence-corrected chi connectivity index (χ4v) is 5.72. The molecule has 2 aliphatic rings. The molecule has 0 aliphatic carbocycles. The highest BCUT2D eigenvalue weighted by Gasteiger charge is 2.31. The molecular formula is C24H30N2O4S. The van der Waals surface area contributed by atoms with Crippen LogP contribution in [0.15, 0.2) is 47.4 Å². The van der Waals surface area contributed by atoms with Crippen molar-refractivity contribution in [3.8, 4) is 0 Å². The molecule has 2 atom stereocenters. The minimum absolute atomic E-state index is 0.0176. The SMILES string of the molecule is Cc1cc(C)cc(C2CCCN2C(=O)c2cccc(S(=O)(=O)NCC3CCCO3)c2)c1. The number of benzene rings is 2. The molecule has 0 bridgehead atoms. The van der Waals surface area contributed by atoms with Gasteiger partial charge in [0, 0.05) is 25.3 Å². The minimum atomic E-state index is -3.70. The number of likely N-dealkylation sites (tertiary alicyclic amines) is 1. The quantitative estimate of drug-likeness (QED) is 0.740. The van der Waals surface area contributed by atoms with E-state index in [2.05, 4.69) is 36.8 Å². The van der Waals surface area contributed by atoms with Crippen molar-refractivity contribution in [2.75, 3.05) is 19.7 Å². The zero-order valence-corrected chi connectivity index (χ0v) is 19.0. The Labute approximate surface area is 184 Å². The first kappa shape index (κ1) is 22.0. The third kappa shape index (κ3) is 5.00. The molecule has 2 aromatic rings. The van der Waals surface area contributed by atoms with Crippen molar-refractivity contribution in [3.05, 3.63) is 64.7 Å². The number of amides is 1. The molecule has 166 valence electrons. The smallest absolute Gasteiger partial charge is 0.254 e. The van der Waals surface area contributed by atoms with E-state index in [-0.39, 0.29) is 29.5 Å². The van der Waals surface area contributed by atoms with Gasteiger partial charge in [0.15, 0.2) is 0 Å². The highest BCUT2D eigenvalue weighted by Crippen LogP contribution is 2.34. The van der Waals surface area contributed by atoms with E-state index in [1.807, 2.05) is 4.90 Å². The van der Waals surface area contributed by atoms with Gasteiger partial charge in [-0.25, -0.2) is 13.1 Å². The van der Waals surface area contributed by atoms with Gasteiger partial charge in [-0.05, 0) is 63.3 Å². The normalized spacial score (nSPS) is 21.5. The zero-order chi connectivity index (χ0) is 22.0. The average Bonchev–Trinajstić information content (AvgIpc) is 3.43. The largest absolute Gasteiger partial charge is 0.377 e. The van der Waals surface area contributed by atoms with Gasteiger partial charge in [0.2, 0.25) is 10.0 Å².